The highest BCUT2D eigenvalue weighted by Gasteiger charge is 2.44. The summed E-state index contributed by atoms with van der Waals surface area (Å²) in [6, 6.07) is -1.37. The number of ether oxygens (including phenoxy) is 1. The van der Waals surface area contributed by atoms with Crippen molar-refractivity contribution in [2.24, 2.45) is 0 Å². The molecule has 17 heavy (non-hydrogen) atoms. The summed E-state index contributed by atoms with van der Waals surface area (Å²) >= 11 is 0. The van der Waals surface area contributed by atoms with Crippen molar-refractivity contribution in [3.63, 3.8) is 0 Å². The fourth-order valence-electron chi connectivity index (χ4n) is 1.42. The average molecular weight is 259 g/mol. The number of rotatable bonds is 2. The highest BCUT2D eigenvalue weighted by Crippen LogP contribution is 2.18. The van der Waals surface area contributed by atoms with Gasteiger partial charge < -0.3 is 25.4 Å². The SMILES string of the molecule is O=C(N[C@H]1CO[C@H](CO)[C@@H](O)[C@@H]1O)C(F)(F)F. The van der Waals surface area contributed by atoms with Crippen LogP contribution in [0.15, 0.2) is 0 Å². The number of hydrogen-bond donors (Lipinski definition) is 4. The highest BCUT2D eigenvalue weighted by molar-refractivity contribution is 5.82. The predicted octanol–water partition coefficient (Wildman–Crippen LogP) is -1.85. The van der Waals surface area contributed by atoms with E-state index in [4.69, 9.17) is 9.84 Å². The van der Waals surface area contributed by atoms with Crippen LogP contribution in [-0.2, 0) is 9.53 Å². The van der Waals surface area contributed by atoms with Gasteiger partial charge in [-0.2, -0.15) is 13.2 Å². The molecule has 1 aliphatic heterocycles. The van der Waals surface area contributed by atoms with Gasteiger partial charge in [0, 0.05) is 0 Å². The Kier molecular flexibility index (Phi) is 4.31. The molecule has 6 nitrogen and oxygen atoms in total. The van der Waals surface area contributed by atoms with Crippen LogP contribution in [-0.4, -0.2) is 65.0 Å². The smallest absolute Gasteiger partial charge is 0.394 e. The van der Waals surface area contributed by atoms with E-state index in [2.05, 4.69) is 0 Å². The first-order chi connectivity index (χ1) is 7.77. The van der Waals surface area contributed by atoms with E-state index in [-0.39, 0.29) is 0 Å². The number of aliphatic hydroxyl groups is 3. The minimum atomic E-state index is -5.07. The molecule has 0 unspecified atom stereocenters. The monoisotopic (exact) mass is 259 g/mol. The first-order valence-corrected chi connectivity index (χ1v) is 4.73. The normalized spacial score (nSPS) is 34.5. The van der Waals surface area contributed by atoms with Crippen LogP contribution in [0.3, 0.4) is 0 Å². The standard InChI is InChI=1S/C8H12F3NO5/c9-8(10,11)7(16)12-3-2-17-4(1-13)6(15)5(3)14/h3-6,13-15H,1-2H2,(H,12,16)/t3-,4+,5+,6+/m0/s1. The van der Waals surface area contributed by atoms with Crippen molar-refractivity contribution >= 4 is 5.91 Å². The molecule has 1 aliphatic rings. The maximum atomic E-state index is 11.9. The van der Waals surface area contributed by atoms with Crippen LogP contribution in [0.2, 0.25) is 0 Å². The number of hydrogen-bond acceptors (Lipinski definition) is 5. The van der Waals surface area contributed by atoms with E-state index in [0.717, 1.165) is 0 Å². The first kappa shape index (κ1) is 14.2. The van der Waals surface area contributed by atoms with Gasteiger partial charge in [-0.25, -0.2) is 0 Å². The third-order valence-electron chi connectivity index (χ3n) is 2.39. The zero-order valence-electron chi connectivity index (χ0n) is 8.52. The second kappa shape index (κ2) is 5.17. The molecule has 0 spiro atoms. The number of amides is 1. The molecular formula is C8H12F3NO5. The predicted molar refractivity (Wildman–Crippen MR) is 46.8 cm³/mol. The van der Waals surface area contributed by atoms with Crippen LogP contribution in [0, 0.1) is 0 Å². The van der Waals surface area contributed by atoms with E-state index in [1.54, 1.807) is 0 Å². The van der Waals surface area contributed by atoms with Crippen LogP contribution < -0.4 is 5.32 Å². The van der Waals surface area contributed by atoms with Crippen molar-refractivity contribution in [1.29, 1.82) is 0 Å². The van der Waals surface area contributed by atoms with E-state index in [0.29, 0.717) is 0 Å². The molecule has 1 rings (SSSR count). The molecule has 0 aromatic heterocycles. The fourth-order valence-corrected chi connectivity index (χ4v) is 1.42. The molecule has 1 amide bonds. The average Bonchev–Trinajstić information content (AvgIpc) is 2.23. The molecule has 0 aromatic rings. The molecule has 1 fully saturated rings. The van der Waals surface area contributed by atoms with E-state index in [1.165, 1.54) is 5.32 Å². The Labute approximate surface area is 94.0 Å². The van der Waals surface area contributed by atoms with E-state index >= 15 is 0 Å². The number of halogens is 3. The van der Waals surface area contributed by atoms with Crippen molar-refractivity contribution in [1.82, 2.24) is 5.32 Å². The minimum Gasteiger partial charge on any atom is -0.394 e. The topological polar surface area (TPSA) is 99.0 Å². The number of alkyl halides is 3. The molecule has 0 bridgehead atoms. The van der Waals surface area contributed by atoms with Crippen LogP contribution in [0.5, 0.6) is 0 Å². The van der Waals surface area contributed by atoms with Gasteiger partial charge in [0.2, 0.25) is 0 Å². The molecule has 4 atom stereocenters. The molecule has 100 valence electrons. The Morgan fingerprint density at radius 2 is 1.94 bits per heavy atom. The number of nitrogens with one attached hydrogen (secondary N) is 1. The highest BCUT2D eigenvalue weighted by atomic mass is 19.4. The number of carbonyl (C=O) groups excluding carboxylic acids is 1. The maximum Gasteiger partial charge on any atom is 0.471 e. The summed E-state index contributed by atoms with van der Waals surface area (Å²) in [5.74, 6) is -2.22. The molecule has 0 aromatic carbocycles. The second-order valence-electron chi connectivity index (χ2n) is 3.61. The summed E-state index contributed by atoms with van der Waals surface area (Å²) in [5, 5.41) is 29.0. The Hall–Kier alpha value is -0.900. The number of carbonyl (C=O) groups is 1. The summed E-state index contributed by atoms with van der Waals surface area (Å²) in [4.78, 5) is 10.6. The molecule has 0 radical (unpaired) electrons. The Balaban J connectivity index is 2.60. The zero-order chi connectivity index (χ0) is 13.2. The van der Waals surface area contributed by atoms with E-state index in [1.807, 2.05) is 0 Å². The van der Waals surface area contributed by atoms with Gasteiger partial charge in [0.15, 0.2) is 0 Å². The van der Waals surface area contributed by atoms with Crippen molar-refractivity contribution in [2.45, 2.75) is 30.5 Å². The summed E-state index contributed by atoms with van der Waals surface area (Å²) in [5.41, 5.74) is 0. The minimum absolute atomic E-state index is 0.425. The van der Waals surface area contributed by atoms with E-state index < -0.39 is 49.7 Å². The largest absolute Gasteiger partial charge is 0.471 e. The number of aliphatic hydroxyl groups excluding tert-OH is 3. The molecule has 1 heterocycles. The quantitative estimate of drug-likeness (QED) is 0.466. The van der Waals surface area contributed by atoms with Crippen molar-refractivity contribution in [3.8, 4) is 0 Å². The van der Waals surface area contributed by atoms with Gasteiger partial charge >= 0.3 is 12.1 Å². The summed E-state index contributed by atoms with van der Waals surface area (Å²) < 4.78 is 40.6. The first-order valence-electron chi connectivity index (χ1n) is 4.73. The summed E-state index contributed by atoms with van der Waals surface area (Å²) in [6.45, 7) is -1.01. The lowest BCUT2D eigenvalue weighted by Gasteiger charge is -2.37. The van der Waals surface area contributed by atoms with Gasteiger partial charge in [0.1, 0.15) is 18.3 Å². The van der Waals surface area contributed by atoms with Crippen LogP contribution in [0.1, 0.15) is 0 Å². The van der Waals surface area contributed by atoms with Gasteiger partial charge in [0.05, 0.1) is 19.3 Å². The lowest BCUT2D eigenvalue weighted by atomic mass is 9.98. The Bertz CT molecular complexity index is 285. The van der Waals surface area contributed by atoms with Crippen molar-refractivity contribution in [3.05, 3.63) is 0 Å². The molecular weight excluding hydrogens is 247 g/mol. The third kappa shape index (κ3) is 3.28. The molecule has 9 heteroatoms. The van der Waals surface area contributed by atoms with Crippen LogP contribution in [0.25, 0.3) is 0 Å². The summed E-state index contributed by atoms with van der Waals surface area (Å²) in [6.07, 6.45) is -9.35. The zero-order valence-corrected chi connectivity index (χ0v) is 8.52. The van der Waals surface area contributed by atoms with Crippen molar-refractivity contribution < 1.29 is 38.0 Å². The van der Waals surface area contributed by atoms with Gasteiger partial charge in [-0.15, -0.1) is 0 Å². The molecule has 0 aliphatic carbocycles. The molecule has 4 N–H and O–H groups in total. The molecule has 0 saturated carbocycles. The Morgan fingerprint density at radius 1 is 1.35 bits per heavy atom. The lowest BCUT2D eigenvalue weighted by molar-refractivity contribution is -0.185. The third-order valence-corrected chi connectivity index (χ3v) is 2.39. The molecule has 1 saturated heterocycles. The second-order valence-corrected chi connectivity index (χ2v) is 3.61. The lowest BCUT2D eigenvalue weighted by Crippen LogP contribution is -2.61. The van der Waals surface area contributed by atoms with Crippen LogP contribution in [0.4, 0.5) is 13.2 Å². The van der Waals surface area contributed by atoms with Gasteiger partial charge in [0.25, 0.3) is 0 Å². The van der Waals surface area contributed by atoms with Gasteiger partial charge in [-0.05, 0) is 0 Å². The van der Waals surface area contributed by atoms with Crippen molar-refractivity contribution in [2.75, 3.05) is 13.2 Å². The van der Waals surface area contributed by atoms with Crippen LogP contribution >= 0.6 is 0 Å². The van der Waals surface area contributed by atoms with E-state index in [9.17, 15) is 28.2 Å². The summed E-state index contributed by atoms with van der Waals surface area (Å²) in [7, 11) is 0. The fraction of sp³-hybridized carbons (Fsp3) is 0.875. The maximum absolute atomic E-state index is 11.9. The Morgan fingerprint density at radius 3 is 2.41 bits per heavy atom. The van der Waals surface area contributed by atoms with Gasteiger partial charge in [-0.1, -0.05) is 0 Å². The van der Waals surface area contributed by atoms with Gasteiger partial charge in [-0.3, -0.25) is 4.79 Å².